The number of ether oxygens (including phenoxy) is 1. The minimum Gasteiger partial charge on any atom is -0.379 e. The van der Waals surface area contributed by atoms with Gasteiger partial charge in [-0.3, -0.25) is 4.79 Å². The van der Waals surface area contributed by atoms with Crippen LogP contribution in [0.15, 0.2) is 33.6 Å². The van der Waals surface area contributed by atoms with E-state index in [9.17, 15) is 13.2 Å². The molecule has 0 radical (unpaired) electrons. The SMILES string of the molecule is Cc1nn(C(=O)c2cccc(Br)c2)c(C)c1S(=O)(=O)N1CCOCC1. The summed E-state index contributed by atoms with van der Waals surface area (Å²) in [7, 11) is -3.72. The van der Waals surface area contributed by atoms with E-state index in [4.69, 9.17) is 4.74 Å². The highest BCUT2D eigenvalue weighted by atomic mass is 79.9. The maximum atomic E-state index is 13.0. The van der Waals surface area contributed by atoms with Gasteiger partial charge in [-0.2, -0.15) is 14.1 Å². The van der Waals surface area contributed by atoms with Gasteiger partial charge in [0.1, 0.15) is 4.90 Å². The minimum atomic E-state index is -3.72. The van der Waals surface area contributed by atoms with E-state index >= 15 is 0 Å². The maximum Gasteiger partial charge on any atom is 0.278 e. The van der Waals surface area contributed by atoms with Crippen molar-refractivity contribution in [2.24, 2.45) is 0 Å². The second-order valence-electron chi connectivity index (χ2n) is 5.74. The van der Waals surface area contributed by atoms with Gasteiger partial charge in [-0.1, -0.05) is 22.0 Å². The first kappa shape index (κ1) is 18.2. The smallest absolute Gasteiger partial charge is 0.278 e. The number of carbonyl (C=O) groups excluding carboxylic acids is 1. The van der Waals surface area contributed by atoms with Gasteiger partial charge in [0.2, 0.25) is 10.0 Å². The van der Waals surface area contributed by atoms with E-state index in [1.807, 2.05) is 6.07 Å². The molecule has 25 heavy (non-hydrogen) atoms. The number of sulfonamides is 1. The number of halogens is 1. The molecule has 0 N–H and O–H groups in total. The average Bonchev–Trinajstić information content (AvgIpc) is 2.90. The predicted octanol–water partition coefficient (Wildman–Crippen LogP) is 1.97. The third-order valence-electron chi connectivity index (χ3n) is 4.06. The molecule has 0 unspecified atom stereocenters. The molecule has 1 saturated heterocycles. The van der Waals surface area contributed by atoms with Crippen LogP contribution in [-0.2, 0) is 14.8 Å². The van der Waals surface area contributed by atoms with Crippen molar-refractivity contribution in [1.82, 2.24) is 14.1 Å². The molecule has 1 aliphatic rings. The summed E-state index contributed by atoms with van der Waals surface area (Å²) in [6.45, 7) is 4.52. The molecule has 1 aromatic carbocycles. The minimum absolute atomic E-state index is 0.0951. The van der Waals surface area contributed by atoms with Crippen molar-refractivity contribution in [3.8, 4) is 0 Å². The number of benzene rings is 1. The van der Waals surface area contributed by atoms with Crippen LogP contribution < -0.4 is 0 Å². The first-order chi connectivity index (χ1) is 11.8. The molecule has 9 heteroatoms. The molecule has 1 aliphatic heterocycles. The van der Waals surface area contributed by atoms with E-state index in [1.165, 1.54) is 4.31 Å². The van der Waals surface area contributed by atoms with Crippen molar-refractivity contribution < 1.29 is 17.9 Å². The zero-order valence-electron chi connectivity index (χ0n) is 13.9. The van der Waals surface area contributed by atoms with Crippen LogP contribution in [-0.4, -0.2) is 54.7 Å². The summed E-state index contributed by atoms with van der Waals surface area (Å²) >= 11 is 3.33. The molecule has 134 valence electrons. The molecule has 0 amide bonds. The summed E-state index contributed by atoms with van der Waals surface area (Å²) in [4.78, 5) is 12.8. The summed E-state index contributed by atoms with van der Waals surface area (Å²) in [6.07, 6.45) is 0. The molecule has 2 heterocycles. The molecule has 1 fully saturated rings. The van der Waals surface area contributed by atoms with E-state index < -0.39 is 10.0 Å². The van der Waals surface area contributed by atoms with Crippen LogP contribution in [0.1, 0.15) is 21.7 Å². The standard InChI is InChI=1S/C16H18BrN3O4S/c1-11-15(25(22,23)19-6-8-24-9-7-19)12(2)20(18-11)16(21)13-4-3-5-14(17)10-13/h3-5,10H,6-9H2,1-2H3. The molecule has 7 nitrogen and oxygen atoms in total. The monoisotopic (exact) mass is 427 g/mol. The number of hydrogen-bond acceptors (Lipinski definition) is 5. The number of aromatic nitrogens is 2. The number of rotatable bonds is 3. The number of morpholine rings is 1. The second kappa shape index (κ2) is 6.99. The Bertz CT molecular complexity index is 917. The molecule has 0 spiro atoms. The van der Waals surface area contributed by atoms with Gasteiger partial charge < -0.3 is 4.74 Å². The van der Waals surface area contributed by atoms with Gasteiger partial charge in [-0.25, -0.2) is 8.42 Å². The number of nitrogens with zero attached hydrogens (tertiary/aromatic N) is 3. The lowest BCUT2D eigenvalue weighted by molar-refractivity contribution is 0.0730. The largest absolute Gasteiger partial charge is 0.379 e. The highest BCUT2D eigenvalue weighted by Gasteiger charge is 2.33. The summed E-state index contributed by atoms with van der Waals surface area (Å²) in [6, 6.07) is 6.90. The lowest BCUT2D eigenvalue weighted by Gasteiger charge is -2.26. The van der Waals surface area contributed by atoms with Crippen LogP contribution in [0.3, 0.4) is 0 Å². The van der Waals surface area contributed by atoms with Crippen molar-refractivity contribution in [2.45, 2.75) is 18.7 Å². The molecule has 1 aromatic heterocycles. The average molecular weight is 428 g/mol. The molecular weight excluding hydrogens is 410 g/mol. The van der Waals surface area contributed by atoms with Crippen LogP contribution >= 0.6 is 15.9 Å². The fraction of sp³-hybridized carbons (Fsp3) is 0.375. The second-order valence-corrected chi connectivity index (χ2v) is 8.53. The van der Waals surface area contributed by atoms with Gasteiger partial charge in [-0.05, 0) is 32.0 Å². The van der Waals surface area contributed by atoms with Crippen molar-refractivity contribution >= 4 is 31.9 Å². The van der Waals surface area contributed by atoms with Crippen molar-refractivity contribution in [3.63, 3.8) is 0 Å². The van der Waals surface area contributed by atoms with Gasteiger partial charge >= 0.3 is 0 Å². The number of carbonyl (C=O) groups is 1. The quantitative estimate of drug-likeness (QED) is 0.747. The Labute approximate surface area is 154 Å². The Hall–Kier alpha value is -1.55. The van der Waals surface area contributed by atoms with Crippen LogP contribution in [0, 0.1) is 13.8 Å². The highest BCUT2D eigenvalue weighted by molar-refractivity contribution is 9.10. The zero-order chi connectivity index (χ0) is 18.2. The normalized spacial score (nSPS) is 16.1. The van der Waals surface area contributed by atoms with Crippen LogP contribution in [0.5, 0.6) is 0 Å². The number of aryl methyl sites for hydroxylation is 1. The van der Waals surface area contributed by atoms with Crippen molar-refractivity contribution in [1.29, 1.82) is 0 Å². The Morgan fingerprint density at radius 1 is 1.24 bits per heavy atom. The Morgan fingerprint density at radius 2 is 1.92 bits per heavy atom. The number of hydrogen-bond donors (Lipinski definition) is 0. The lowest BCUT2D eigenvalue weighted by Crippen LogP contribution is -2.41. The third kappa shape index (κ3) is 3.41. The Morgan fingerprint density at radius 3 is 2.56 bits per heavy atom. The van der Waals surface area contributed by atoms with E-state index in [0.717, 1.165) is 9.15 Å². The molecule has 0 bridgehead atoms. The van der Waals surface area contributed by atoms with Gasteiger partial charge in [0.15, 0.2) is 0 Å². The van der Waals surface area contributed by atoms with Gasteiger partial charge in [0.25, 0.3) is 5.91 Å². The Kier molecular flexibility index (Phi) is 5.10. The maximum absolute atomic E-state index is 13.0. The van der Waals surface area contributed by atoms with E-state index in [-0.39, 0.29) is 10.8 Å². The van der Waals surface area contributed by atoms with E-state index in [2.05, 4.69) is 21.0 Å². The first-order valence-electron chi connectivity index (χ1n) is 7.77. The van der Waals surface area contributed by atoms with Crippen molar-refractivity contribution in [2.75, 3.05) is 26.3 Å². The lowest BCUT2D eigenvalue weighted by atomic mass is 10.2. The Balaban J connectivity index is 2.02. The molecule has 0 aliphatic carbocycles. The van der Waals surface area contributed by atoms with Crippen LogP contribution in [0.25, 0.3) is 0 Å². The summed E-state index contributed by atoms with van der Waals surface area (Å²) in [5.74, 6) is -0.370. The molecule has 2 aromatic rings. The molecule has 0 saturated carbocycles. The van der Waals surface area contributed by atoms with Crippen molar-refractivity contribution in [3.05, 3.63) is 45.7 Å². The fourth-order valence-corrected chi connectivity index (χ4v) is 5.02. The van der Waals surface area contributed by atoms with Crippen LogP contribution in [0.2, 0.25) is 0 Å². The fourth-order valence-electron chi connectivity index (χ4n) is 2.86. The van der Waals surface area contributed by atoms with E-state index in [1.54, 1.807) is 32.0 Å². The summed E-state index contributed by atoms with van der Waals surface area (Å²) < 4.78 is 34.4. The summed E-state index contributed by atoms with van der Waals surface area (Å²) in [5.41, 5.74) is 1.05. The molecule has 3 rings (SSSR count). The topological polar surface area (TPSA) is 81.5 Å². The highest BCUT2D eigenvalue weighted by Crippen LogP contribution is 2.25. The third-order valence-corrected chi connectivity index (χ3v) is 6.70. The summed E-state index contributed by atoms with van der Waals surface area (Å²) in [5, 5.41) is 4.19. The van der Waals surface area contributed by atoms with Gasteiger partial charge in [0.05, 0.1) is 24.6 Å². The van der Waals surface area contributed by atoms with Gasteiger partial charge in [-0.15, -0.1) is 0 Å². The van der Waals surface area contributed by atoms with Crippen LogP contribution in [0.4, 0.5) is 0 Å². The zero-order valence-corrected chi connectivity index (χ0v) is 16.3. The predicted molar refractivity (Wildman–Crippen MR) is 95.1 cm³/mol. The van der Waals surface area contributed by atoms with E-state index in [0.29, 0.717) is 43.3 Å². The molecule has 0 atom stereocenters. The first-order valence-corrected chi connectivity index (χ1v) is 10.00. The van der Waals surface area contributed by atoms with Gasteiger partial charge in [0, 0.05) is 23.1 Å². The molecular formula is C16H18BrN3O4S.